The number of aryl methyl sites for hydroxylation is 1. The summed E-state index contributed by atoms with van der Waals surface area (Å²) in [6.07, 6.45) is 0.680. The van der Waals surface area contributed by atoms with Crippen molar-refractivity contribution >= 4 is 17.6 Å². The minimum Gasteiger partial charge on any atom is -0.496 e. The van der Waals surface area contributed by atoms with Crippen LogP contribution in [-0.2, 0) is 4.79 Å². The van der Waals surface area contributed by atoms with Crippen LogP contribution >= 0.6 is 0 Å². The van der Waals surface area contributed by atoms with Crippen molar-refractivity contribution in [1.82, 2.24) is 10.1 Å². The largest absolute Gasteiger partial charge is 0.496 e. The Morgan fingerprint density at radius 2 is 1.89 bits per heavy atom. The van der Waals surface area contributed by atoms with E-state index in [1.165, 1.54) is 19.1 Å². The first kappa shape index (κ1) is 20.3. The molecule has 2 aromatic rings. The molecule has 27 heavy (non-hydrogen) atoms. The molecule has 1 atom stereocenters. The average Bonchev–Trinajstić information content (AvgIpc) is 3.08. The molecule has 8 heteroatoms. The fourth-order valence-corrected chi connectivity index (χ4v) is 2.62. The van der Waals surface area contributed by atoms with Gasteiger partial charge in [0.05, 0.1) is 14.2 Å². The predicted molar refractivity (Wildman–Crippen MR) is 100 cm³/mol. The summed E-state index contributed by atoms with van der Waals surface area (Å²) >= 11 is 0. The maximum Gasteiger partial charge on any atom is 0.262 e. The molecule has 0 unspecified atom stereocenters. The van der Waals surface area contributed by atoms with Gasteiger partial charge < -0.3 is 24.2 Å². The maximum atomic E-state index is 13.2. The van der Waals surface area contributed by atoms with Gasteiger partial charge in [0.15, 0.2) is 5.82 Å². The van der Waals surface area contributed by atoms with Crippen molar-refractivity contribution in [2.75, 3.05) is 26.1 Å². The molecule has 0 aliphatic carbocycles. The van der Waals surface area contributed by atoms with Crippen molar-refractivity contribution in [2.45, 2.75) is 33.2 Å². The zero-order valence-electron chi connectivity index (χ0n) is 16.2. The van der Waals surface area contributed by atoms with Gasteiger partial charge in [0.25, 0.3) is 5.91 Å². The number of carbonyl (C=O) groups excluding carboxylic acids is 2. The molecule has 0 spiro atoms. The van der Waals surface area contributed by atoms with Gasteiger partial charge in [-0.05, 0) is 32.4 Å². The Bertz CT molecular complexity index is 780. The molecule has 0 aliphatic rings. The minimum atomic E-state index is -0.370. The van der Waals surface area contributed by atoms with Crippen molar-refractivity contribution in [3.8, 4) is 11.5 Å². The SMILES string of the molecule is CC[C@H](C)N(CC(=O)Nc1cc(C)on1)C(=O)c1c(OC)cccc1OC. The van der Waals surface area contributed by atoms with Gasteiger partial charge in [-0.15, -0.1) is 0 Å². The highest BCUT2D eigenvalue weighted by molar-refractivity contribution is 6.02. The molecule has 0 saturated heterocycles. The third kappa shape index (κ3) is 4.78. The molecule has 2 amide bonds. The highest BCUT2D eigenvalue weighted by Gasteiger charge is 2.28. The molecule has 0 radical (unpaired) electrons. The van der Waals surface area contributed by atoms with Gasteiger partial charge in [0, 0.05) is 12.1 Å². The fraction of sp³-hybridized carbons (Fsp3) is 0.421. The van der Waals surface area contributed by atoms with Gasteiger partial charge in [-0.3, -0.25) is 9.59 Å². The summed E-state index contributed by atoms with van der Waals surface area (Å²) < 4.78 is 15.6. The van der Waals surface area contributed by atoms with Gasteiger partial charge in [-0.2, -0.15) is 0 Å². The van der Waals surface area contributed by atoms with Crippen molar-refractivity contribution < 1.29 is 23.6 Å². The highest BCUT2D eigenvalue weighted by atomic mass is 16.5. The van der Waals surface area contributed by atoms with Crippen LogP contribution in [0.15, 0.2) is 28.8 Å². The normalized spacial score (nSPS) is 11.6. The number of hydrogen-bond donors (Lipinski definition) is 1. The summed E-state index contributed by atoms with van der Waals surface area (Å²) in [5, 5.41) is 6.37. The Morgan fingerprint density at radius 3 is 2.37 bits per heavy atom. The zero-order valence-corrected chi connectivity index (χ0v) is 16.2. The predicted octanol–water partition coefficient (Wildman–Crippen LogP) is 2.88. The molecular formula is C19H25N3O5. The Morgan fingerprint density at radius 1 is 1.26 bits per heavy atom. The number of ether oxygens (including phenoxy) is 2. The number of benzene rings is 1. The molecule has 0 saturated carbocycles. The Hall–Kier alpha value is -3.03. The summed E-state index contributed by atoms with van der Waals surface area (Å²) in [4.78, 5) is 27.2. The molecule has 8 nitrogen and oxygen atoms in total. The molecule has 1 heterocycles. The lowest BCUT2D eigenvalue weighted by Crippen LogP contribution is -2.43. The molecular weight excluding hydrogens is 350 g/mol. The summed E-state index contributed by atoms with van der Waals surface area (Å²) in [6, 6.07) is 6.54. The Labute approximate surface area is 158 Å². The van der Waals surface area contributed by atoms with Gasteiger partial charge >= 0.3 is 0 Å². The monoisotopic (exact) mass is 375 g/mol. The quantitative estimate of drug-likeness (QED) is 0.762. The lowest BCUT2D eigenvalue weighted by molar-refractivity contribution is -0.117. The van der Waals surface area contributed by atoms with E-state index in [1.807, 2.05) is 13.8 Å². The van der Waals surface area contributed by atoms with Crippen LogP contribution in [0.2, 0.25) is 0 Å². The molecule has 1 N–H and O–H groups in total. The smallest absolute Gasteiger partial charge is 0.262 e. The van der Waals surface area contributed by atoms with E-state index in [9.17, 15) is 9.59 Å². The second-order valence-corrected chi connectivity index (χ2v) is 6.10. The van der Waals surface area contributed by atoms with E-state index < -0.39 is 0 Å². The lowest BCUT2D eigenvalue weighted by Gasteiger charge is -2.29. The van der Waals surface area contributed by atoms with Crippen molar-refractivity contribution in [3.05, 3.63) is 35.6 Å². The zero-order chi connectivity index (χ0) is 20.0. The van der Waals surface area contributed by atoms with Crippen LogP contribution < -0.4 is 14.8 Å². The van der Waals surface area contributed by atoms with Crippen LogP contribution in [-0.4, -0.2) is 48.7 Å². The summed E-state index contributed by atoms with van der Waals surface area (Å²) in [6.45, 7) is 5.42. The molecule has 0 fully saturated rings. The van der Waals surface area contributed by atoms with Crippen LogP contribution in [0.1, 0.15) is 36.4 Å². The number of anilines is 1. The summed E-state index contributed by atoms with van der Waals surface area (Å²) in [5.41, 5.74) is 0.285. The van der Waals surface area contributed by atoms with E-state index >= 15 is 0 Å². The summed E-state index contributed by atoms with van der Waals surface area (Å²) in [5.74, 6) is 0.958. The number of amides is 2. The first-order chi connectivity index (χ1) is 12.9. The van der Waals surface area contributed by atoms with Crippen LogP contribution in [0.25, 0.3) is 0 Å². The van der Waals surface area contributed by atoms with Gasteiger partial charge in [0.1, 0.15) is 29.4 Å². The first-order valence-corrected chi connectivity index (χ1v) is 8.66. The van der Waals surface area contributed by atoms with Crippen LogP contribution in [0.5, 0.6) is 11.5 Å². The van der Waals surface area contributed by atoms with Crippen molar-refractivity contribution in [3.63, 3.8) is 0 Å². The van der Waals surface area contributed by atoms with Crippen LogP contribution in [0, 0.1) is 6.92 Å². The lowest BCUT2D eigenvalue weighted by atomic mass is 10.1. The van der Waals surface area contributed by atoms with Crippen molar-refractivity contribution in [2.24, 2.45) is 0 Å². The molecule has 146 valence electrons. The van der Waals surface area contributed by atoms with Gasteiger partial charge in [-0.25, -0.2) is 0 Å². The van der Waals surface area contributed by atoms with E-state index in [-0.39, 0.29) is 30.0 Å². The standard InChI is InChI=1S/C19H25N3O5/c1-6-12(2)22(11-17(23)20-16-10-13(3)27-21-16)19(24)18-14(25-4)8-7-9-15(18)26-5/h7-10,12H,6,11H2,1-5H3,(H,20,21,23)/t12-/m0/s1. The number of rotatable bonds is 8. The van der Waals surface area contributed by atoms with Crippen molar-refractivity contribution in [1.29, 1.82) is 0 Å². The molecule has 1 aromatic carbocycles. The first-order valence-electron chi connectivity index (χ1n) is 8.66. The summed E-state index contributed by atoms with van der Waals surface area (Å²) in [7, 11) is 2.97. The van der Waals surface area contributed by atoms with E-state index in [0.717, 1.165) is 0 Å². The molecule has 1 aromatic heterocycles. The molecule has 0 bridgehead atoms. The Kier molecular flexibility index (Phi) is 6.81. The van der Waals surface area contributed by atoms with E-state index in [2.05, 4.69) is 10.5 Å². The minimum absolute atomic E-state index is 0.138. The number of hydrogen-bond acceptors (Lipinski definition) is 6. The van der Waals surface area contributed by atoms with Crippen LogP contribution in [0.3, 0.4) is 0 Å². The number of nitrogens with one attached hydrogen (secondary N) is 1. The number of aromatic nitrogens is 1. The third-order valence-electron chi connectivity index (χ3n) is 4.23. The number of carbonyl (C=O) groups is 2. The number of methoxy groups -OCH3 is 2. The molecule has 0 aliphatic heterocycles. The third-order valence-corrected chi connectivity index (χ3v) is 4.23. The van der Waals surface area contributed by atoms with Gasteiger partial charge in [0.2, 0.25) is 5.91 Å². The van der Waals surface area contributed by atoms with E-state index in [0.29, 0.717) is 29.5 Å². The number of nitrogens with zero attached hydrogens (tertiary/aromatic N) is 2. The van der Waals surface area contributed by atoms with E-state index in [4.69, 9.17) is 14.0 Å². The highest BCUT2D eigenvalue weighted by Crippen LogP contribution is 2.30. The van der Waals surface area contributed by atoms with Crippen LogP contribution in [0.4, 0.5) is 5.82 Å². The molecule has 2 rings (SSSR count). The van der Waals surface area contributed by atoms with E-state index in [1.54, 1.807) is 31.2 Å². The average molecular weight is 375 g/mol. The maximum absolute atomic E-state index is 13.2. The topological polar surface area (TPSA) is 93.9 Å². The second-order valence-electron chi connectivity index (χ2n) is 6.10. The second kappa shape index (κ2) is 9.07. The van der Waals surface area contributed by atoms with Gasteiger partial charge in [-0.1, -0.05) is 18.1 Å². The fourth-order valence-electron chi connectivity index (χ4n) is 2.62. The Balaban J connectivity index is 2.28.